The van der Waals surface area contributed by atoms with E-state index in [1.54, 1.807) is 7.11 Å². The molecule has 0 bridgehead atoms. The molecule has 1 heterocycles. The van der Waals surface area contributed by atoms with E-state index in [4.69, 9.17) is 16.3 Å². The lowest BCUT2D eigenvalue weighted by molar-refractivity contribution is 0.406. The molecule has 1 aromatic carbocycles. The molecule has 2 rings (SSSR count). The van der Waals surface area contributed by atoms with Crippen LogP contribution >= 0.6 is 11.6 Å². The number of hydrogen-bond donors (Lipinski definition) is 1. The van der Waals surface area contributed by atoms with Gasteiger partial charge >= 0.3 is 0 Å². The van der Waals surface area contributed by atoms with Crippen LogP contribution in [0.1, 0.15) is 24.0 Å². The molecule has 3 heteroatoms. The molecule has 0 saturated carbocycles. The summed E-state index contributed by atoms with van der Waals surface area (Å²) < 4.78 is 5.41. The van der Waals surface area contributed by atoms with Crippen molar-refractivity contribution in [3.63, 3.8) is 0 Å². The average Bonchev–Trinajstić information content (AvgIpc) is 2.74. The van der Waals surface area contributed by atoms with E-state index < -0.39 is 0 Å². The number of rotatable bonds is 3. The second kappa shape index (κ2) is 5.07. The minimum absolute atomic E-state index is 0.550. The molecule has 0 amide bonds. The summed E-state index contributed by atoms with van der Waals surface area (Å²) >= 11 is 6.28. The van der Waals surface area contributed by atoms with E-state index in [1.165, 1.54) is 12.8 Å². The van der Waals surface area contributed by atoms with Gasteiger partial charge in [0, 0.05) is 16.6 Å². The van der Waals surface area contributed by atoms with E-state index in [1.807, 2.05) is 13.0 Å². The first-order valence-corrected chi connectivity index (χ1v) is 6.15. The standard InChI is InChI=1S/C13H18ClNO/c1-9-6-12(14)11(13(7-9)16-2)8-10-4-3-5-15-10/h6-7,10,15H,3-5,8H2,1-2H3. The zero-order valence-electron chi connectivity index (χ0n) is 9.85. The Kier molecular flexibility index (Phi) is 3.72. The van der Waals surface area contributed by atoms with Gasteiger partial charge in [-0.05, 0) is 50.4 Å². The summed E-state index contributed by atoms with van der Waals surface area (Å²) in [7, 11) is 1.71. The molecule has 1 aromatic rings. The van der Waals surface area contributed by atoms with Gasteiger partial charge < -0.3 is 10.1 Å². The number of methoxy groups -OCH3 is 1. The largest absolute Gasteiger partial charge is 0.496 e. The Labute approximate surface area is 102 Å². The Bertz CT molecular complexity index is 372. The van der Waals surface area contributed by atoms with Crippen LogP contribution in [-0.2, 0) is 6.42 Å². The van der Waals surface area contributed by atoms with Gasteiger partial charge in [-0.3, -0.25) is 0 Å². The summed E-state index contributed by atoms with van der Waals surface area (Å²) in [4.78, 5) is 0. The molecule has 1 atom stereocenters. The van der Waals surface area contributed by atoms with Crippen LogP contribution in [0.15, 0.2) is 12.1 Å². The SMILES string of the molecule is COc1cc(C)cc(Cl)c1CC1CCCN1. The van der Waals surface area contributed by atoms with Crippen molar-refractivity contribution >= 4 is 11.6 Å². The molecule has 1 unspecified atom stereocenters. The average molecular weight is 240 g/mol. The molecule has 1 aliphatic rings. The summed E-state index contributed by atoms with van der Waals surface area (Å²) in [5.41, 5.74) is 2.28. The molecule has 88 valence electrons. The first-order chi connectivity index (χ1) is 7.70. The van der Waals surface area contributed by atoms with Crippen LogP contribution in [0.4, 0.5) is 0 Å². The zero-order valence-corrected chi connectivity index (χ0v) is 10.6. The molecule has 1 N–H and O–H groups in total. The number of aryl methyl sites for hydroxylation is 1. The van der Waals surface area contributed by atoms with Crippen LogP contribution in [-0.4, -0.2) is 19.7 Å². The van der Waals surface area contributed by atoms with Crippen LogP contribution in [0.3, 0.4) is 0 Å². The fourth-order valence-electron chi connectivity index (χ4n) is 2.30. The van der Waals surface area contributed by atoms with Crippen LogP contribution in [0.2, 0.25) is 5.02 Å². The lowest BCUT2D eigenvalue weighted by atomic mass is 10.0. The minimum Gasteiger partial charge on any atom is -0.496 e. The van der Waals surface area contributed by atoms with Gasteiger partial charge in [-0.1, -0.05) is 11.6 Å². The van der Waals surface area contributed by atoms with Crippen LogP contribution in [0.5, 0.6) is 5.75 Å². The Morgan fingerprint density at radius 1 is 1.50 bits per heavy atom. The van der Waals surface area contributed by atoms with E-state index >= 15 is 0 Å². The normalized spacial score (nSPS) is 20.1. The van der Waals surface area contributed by atoms with Crippen molar-refractivity contribution in [1.82, 2.24) is 5.32 Å². The van der Waals surface area contributed by atoms with Gasteiger partial charge in [0.1, 0.15) is 5.75 Å². The van der Waals surface area contributed by atoms with Crippen LogP contribution < -0.4 is 10.1 Å². The maximum atomic E-state index is 6.28. The highest BCUT2D eigenvalue weighted by Gasteiger charge is 2.18. The van der Waals surface area contributed by atoms with Gasteiger partial charge in [0.2, 0.25) is 0 Å². The smallest absolute Gasteiger partial charge is 0.123 e. The molecule has 2 nitrogen and oxygen atoms in total. The van der Waals surface area contributed by atoms with Crippen molar-refractivity contribution < 1.29 is 4.74 Å². The van der Waals surface area contributed by atoms with Crippen LogP contribution in [0.25, 0.3) is 0 Å². The second-order valence-corrected chi connectivity index (χ2v) is 4.83. The maximum Gasteiger partial charge on any atom is 0.123 e. The van der Waals surface area contributed by atoms with E-state index in [9.17, 15) is 0 Å². The highest BCUT2D eigenvalue weighted by atomic mass is 35.5. The molecule has 0 spiro atoms. The Balaban J connectivity index is 2.23. The van der Waals surface area contributed by atoms with Gasteiger partial charge in [-0.15, -0.1) is 0 Å². The topological polar surface area (TPSA) is 21.3 Å². The van der Waals surface area contributed by atoms with Gasteiger partial charge in [-0.2, -0.15) is 0 Å². The molecular formula is C13H18ClNO. The van der Waals surface area contributed by atoms with Crippen molar-refractivity contribution in [3.8, 4) is 5.75 Å². The van der Waals surface area contributed by atoms with Gasteiger partial charge in [0.15, 0.2) is 0 Å². The number of halogens is 1. The lowest BCUT2D eigenvalue weighted by Gasteiger charge is -2.15. The molecule has 0 radical (unpaired) electrons. The lowest BCUT2D eigenvalue weighted by Crippen LogP contribution is -2.24. The summed E-state index contributed by atoms with van der Waals surface area (Å²) in [5, 5.41) is 4.31. The number of hydrogen-bond acceptors (Lipinski definition) is 2. The third kappa shape index (κ3) is 2.50. The summed E-state index contributed by atoms with van der Waals surface area (Å²) in [5.74, 6) is 0.915. The second-order valence-electron chi connectivity index (χ2n) is 4.42. The monoisotopic (exact) mass is 239 g/mol. The fourth-order valence-corrected chi connectivity index (χ4v) is 2.64. The van der Waals surface area contributed by atoms with Crippen molar-refractivity contribution in [3.05, 3.63) is 28.3 Å². The van der Waals surface area contributed by atoms with E-state index in [0.717, 1.165) is 34.9 Å². The predicted octanol–water partition coefficient (Wildman–Crippen LogP) is 2.95. The van der Waals surface area contributed by atoms with Crippen LogP contribution in [0, 0.1) is 6.92 Å². The first-order valence-electron chi connectivity index (χ1n) is 5.77. The van der Waals surface area contributed by atoms with Gasteiger partial charge in [-0.25, -0.2) is 0 Å². The molecule has 1 aliphatic heterocycles. The van der Waals surface area contributed by atoms with E-state index in [0.29, 0.717) is 6.04 Å². The van der Waals surface area contributed by atoms with Gasteiger partial charge in [0.25, 0.3) is 0 Å². The zero-order chi connectivity index (χ0) is 11.5. The summed E-state index contributed by atoms with van der Waals surface area (Å²) in [6.07, 6.45) is 3.45. The van der Waals surface area contributed by atoms with Crippen molar-refractivity contribution in [2.75, 3.05) is 13.7 Å². The highest BCUT2D eigenvalue weighted by Crippen LogP contribution is 2.30. The number of nitrogens with one attached hydrogen (secondary N) is 1. The Morgan fingerprint density at radius 2 is 2.31 bits per heavy atom. The van der Waals surface area contributed by atoms with Crippen molar-refractivity contribution in [1.29, 1.82) is 0 Å². The van der Waals surface area contributed by atoms with Gasteiger partial charge in [0.05, 0.1) is 7.11 Å². The molecule has 0 aliphatic carbocycles. The minimum atomic E-state index is 0.550. The number of benzene rings is 1. The van der Waals surface area contributed by atoms with Crippen molar-refractivity contribution in [2.24, 2.45) is 0 Å². The Hall–Kier alpha value is -0.730. The maximum absolute atomic E-state index is 6.28. The summed E-state index contributed by atoms with van der Waals surface area (Å²) in [6.45, 7) is 3.16. The van der Waals surface area contributed by atoms with Crippen molar-refractivity contribution in [2.45, 2.75) is 32.2 Å². The fraction of sp³-hybridized carbons (Fsp3) is 0.538. The third-order valence-corrected chi connectivity index (χ3v) is 3.47. The molecule has 16 heavy (non-hydrogen) atoms. The molecular weight excluding hydrogens is 222 g/mol. The predicted molar refractivity (Wildman–Crippen MR) is 67.5 cm³/mol. The summed E-state index contributed by atoms with van der Waals surface area (Å²) in [6, 6.07) is 4.61. The van der Waals surface area contributed by atoms with E-state index in [-0.39, 0.29) is 0 Å². The highest BCUT2D eigenvalue weighted by molar-refractivity contribution is 6.31. The third-order valence-electron chi connectivity index (χ3n) is 3.13. The Morgan fingerprint density at radius 3 is 2.94 bits per heavy atom. The molecule has 1 fully saturated rings. The molecule has 1 saturated heterocycles. The first kappa shape index (κ1) is 11.7. The van der Waals surface area contributed by atoms with E-state index in [2.05, 4.69) is 11.4 Å². The molecule has 0 aromatic heterocycles. The number of ether oxygens (including phenoxy) is 1. The quantitative estimate of drug-likeness (QED) is 0.876.